The zero-order chi connectivity index (χ0) is 13.3. The van der Waals surface area contributed by atoms with Crippen LogP contribution in [0, 0.1) is 5.41 Å². The summed E-state index contributed by atoms with van der Waals surface area (Å²) in [6, 6.07) is 0.170. The Morgan fingerprint density at radius 2 is 1.82 bits per heavy atom. The third kappa shape index (κ3) is 3.87. The summed E-state index contributed by atoms with van der Waals surface area (Å²) in [6.45, 7) is 11.4. The highest BCUT2D eigenvalue weighted by atomic mass is 16.6. The van der Waals surface area contributed by atoms with Gasteiger partial charge < -0.3 is 15.4 Å². The smallest absolute Gasteiger partial charge is 0.410 e. The molecule has 0 bridgehead atoms. The molecule has 100 valence electrons. The SMILES string of the molecule is C[C@H](N)C1(C)CCN(C(=O)OC(C)(C)C)CC1. The molecule has 1 aliphatic heterocycles. The molecular weight excluding hydrogens is 216 g/mol. The van der Waals surface area contributed by atoms with Crippen LogP contribution in [0.25, 0.3) is 0 Å². The van der Waals surface area contributed by atoms with Crippen LogP contribution in [0.5, 0.6) is 0 Å². The standard InChI is InChI=1S/C13H26N2O2/c1-10(14)13(5)6-8-15(9-7-13)11(16)17-12(2,3)4/h10H,6-9,14H2,1-5H3/t10-/m0/s1. The topological polar surface area (TPSA) is 55.6 Å². The summed E-state index contributed by atoms with van der Waals surface area (Å²) in [7, 11) is 0. The summed E-state index contributed by atoms with van der Waals surface area (Å²) in [5, 5.41) is 0. The quantitative estimate of drug-likeness (QED) is 0.768. The zero-order valence-corrected chi connectivity index (χ0v) is 11.7. The summed E-state index contributed by atoms with van der Waals surface area (Å²) in [4.78, 5) is 13.7. The number of nitrogens with two attached hydrogens (primary N) is 1. The molecule has 1 saturated heterocycles. The van der Waals surface area contributed by atoms with Crippen molar-refractivity contribution in [2.45, 2.75) is 59.1 Å². The largest absolute Gasteiger partial charge is 0.444 e. The van der Waals surface area contributed by atoms with Crippen LogP contribution >= 0.6 is 0 Å². The summed E-state index contributed by atoms with van der Waals surface area (Å²) in [5.74, 6) is 0. The first-order valence-corrected chi connectivity index (χ1v) is 6.37. The van der Waals surface area contributed by atoms with Crippen molar-refractivity contribution in [1.82, 2.24) is 4.90 Å². The average molecular weight is 242 g/mol. The lowest BCUT2D eigenvalue weighted by atomic mass is 9.75. The van der Waals surface area contributed by atoms with Crippen LogP contribution in [-0.2, 0) is 4.74 Å². The molecule has 0 unspecified atom stereocenters. The molecule has 0 aliphatic carbocycles. The second kappa shape index (κ2) is 4.84. The first-order chi connectivity index (χ1) is 7.64. The molecule has 0 radical (unpaired) electrons. The fraction of sp³-hybridized carbons (Fsp3) is 0.923. The lowest BCUT2D eigenvalue weighted by Gasteiger charge is -2.42. The van der Waals surface area contributed by atoms with Gasteiger partial charge in [-0.1, -0.05) is 6.92 Å². The minimum atomic E-state index is -0.418. The number of piperidine rings is 1. The molecule has 0 saturated carbocycles. The molecule has 0 aromatic heterocycles. The van der Waals surface area contributed by atoms with E-state index in [1.807, 2.05) is 27.7 Å². The van der Waals surface area contributed by atoms with E-state index in [1.54, 1.807) is 4.90 Å². The van der Waals surface area contributed by atoms with Crippen molar-refractivity contribution < 1.29 is 9.53 Å². The summed E-state index contributed by atoms with van der Waals surface area (Å²) >= 11 is 0. The molecule has 1 fully saturated rings. The third-order valence-electron chi connectivity index (χ3n) is 3.66. The van der Waals surface area contributed by atoms with Gasteiger partial charge in [0.05, 0.1) is 0 Å². The lowest BCUT2D eigenvalue weighted by Crippen LogP contribution is -2.49. The van der Waals surface area contributed by atoms with Crippen molar-refractivity contribution in [3.63, 3.8) is 0 Å². The molecule has 2 N–H and O–H groups in total. The average Bonchev–Trinajstić information content (AvgIpc) is 2.15. The molecule has 1 amide bonds. The van der Waals surface area contributed by atoms with Gasteiger partial charge in [-0.2, -0.15) is 0 Å². The van der Waals surface area contributed by atoms with E-state index < -0.39 is 5.60 Å². The molecule has 1 rings (SSSR count). The highest BCUT2D eigenvalue weighted by Gasteiger charge is 2.35. The Labute approximate surface area is 104 Å². The summed E-state index contributed by atoms with van der Waals surface area (Å²) in [5.41, 5.74) is 5.72. The van der Waals surface area contributed by atoms with Crippen molar-refractivity contribution in [2.75, 3.05) is 13.1 Å². The normalized spacial score (nSPS) is 22.1. The molecule has 1 heterocycles. The Balaban J connectivity index is 2.50. The van der Waals surface area contributed by atoms with Crippen LogP contribution in [0.15, 0.2) is 0 Å². The number of amides is 1. The van der Waals surface area contributed by atoms with Crippen LogP contribution in [0.4, 0.5) is 4.79 Å². The number of rotatable bonds is 1. The number of hydrogen-bond acceptors (Lipinski definition) is 3. The highest BCUT2D eigenvalue weighted by Crippen LogP contribution is 2.33. The van der Waals surface area contributed by atoms with Crippen LogP contribution in [-0.4, -0.2) is 35.7 Å². The van der Waals surface area contributed by atoms with Gasteiger partial charge in [0.1, 0.15) is 5.60 Å². The highest BCUT2D eigenvalue weighted by molar-refractivity contribution is 5.68. The predicted octanol–water partition coefficient (Wildman–Crippen LogP) is 2.37. The van der Waals surface area contributed by atoms with Gasteiger partial charge in [0.2, 0.25) is 0 Å². The van der Waals surface area contributed by atoms with Gasteiger partial charge in [-0.15, -0.1) is 0 Å². The number of ether oxygens (including phenoxy) is 1. The molecule has 1 aliphatic rings. The van der Waals surface area contributed by atoms with Crippen LogP contribution in [0.3, 0.4) is 0 Å². The second-order valence-electron chi connectivity index (χ2n) is 6.41. The molecule has 0 aromatic carbocycles. The fourth-order valence-corrected chi connectivity index (χ4v) is 1.98. The minimum Gasteiger partial charge on any atom is -0.444 e. The molecular formula is C13H26N2O2. The number of carbonyl (C=O) groups is 1. The van der Waals surface area contributed by atoms with E-state index in [-0.39, 0.29) is 17.6 Å². The number of hydrogen-bond donors (Lipinski definition) is 1. The third-order valence-corrected chi connectivity index (χ3v) is 3.66. The second-order valence-corrected chi connectivity index (χ2v) is 6.41. The molecule has 4 heteroatoms. The Morgan fingerprint density at radius 3 is 2.18 bits per heavy atom. The fourth-order valence-electron chi connectivity index (χ4n) is 1.98. The first-order valence-electron chi connectivity index (χ1n) is 6.37. The van der Waals surface area contributed by atoms with E-state index in [2.05, 4.69) is 6.92 Å². The van der Waals surface area contributed by atoms with E-state index in [0.29, 0.717) is 0 Å². The van der Waals surface area contributed by atoms with Crippen molar-refractivity contribution in [2.24, 2.45) is 11.1 Å². The van der Waals surface area contributed by atoms with Crippen LogP contribution in [0.2, 0.25) is 0 Å². The van der Waals surface area contributed by atoms with Gasteiger partial charge in [-0.25, -0.2) is 4.79 Å². The van der Waals surface area contributed by atoms with Crippen molar-refractivity contribution in [1.29, 1.82) is 0 Å². The van der Waals surface area contributed by atoms with Gasteiger partial charge in [-0.3, -0.25) is 0 Å². The van der Waals surface area contributed by atoms with E-state index in [4.69, 9.17) is 10.5 Å². The first kappa shape index (κ1) is 14.3. The monoisotopic (exact) mass is 242 g/mol. The van der Waals surface area contributed by atoms with Crippen molar-refractivity contribution in [3.8, 4) is 0 Å². The van der Waals surface area contributed by atoms with E-state index in [1.165, 1.54) is 0 Å². The number of nitrogens with zero attached hydrogens (tertiary/aromatic N) is 1. The van der Waals surface area contributed by atoms with Gasteiger partial charge in [0.15, 0.2) is 0 Å². The zero-order valence-electron chi connectivity index (χ0n) is 11.7. The summed E-state index contributed by atoms with van der Waals surface area (Å²) in [6.07, 6.45) is 1.69. The summed E-state index contributed by atoms with van der Waals surface area (Å²) < 4.78 is 5.36. The Kier molecular flexibility index (Phi) is 4.07. The van der Waals surface area contributed by atoms with Gasteiger partial charge >= 0.3 is 6.09 Å². The number of carbonyl (C=O) groups excluding carboxylic acids is 1. The van der Waals surface area contributed by atoms with Crippen molar-refractivity contribution >= 4 is 6.09 Å². The van der Waals surface area contributed by atoms with Crippen molar-refractivity contribution in [3.05, 3.63) is 0 Å². The molecule has 0 aromatic rings. The van der Waals surface area contributed by atoms with E-state index >= 15 is 0 Å². The lowest BCUT2D eigenvalue weighted by molar-refractivity contribution is 0.00968. The van der Waals surface area contributed by atoms with Gasteiger partial charge in [0.25, 0.3) is 0 Å². The molecule has 0 spiro atoms. The Morgan fingerprint density at radius 1 is 1.35 bits per heavy atom. The minimum absolute atomic E-state index is 0.151. The van der Waals surface area contributed by atoms with E-state index in [0.717, 1.165) is 25.9 Å². The molecule has 4 nitrogen and oxygen atoms in total. The maximum atomic E-state index is 11.9. The van der Waals surface area contributed by atoms with Gasteiger partial charge in [0, 0.05) is 19.1 Å². The van der Waals surface area contributed by atoms with Crippen LogP contribution in [0.1, 0.15) is 47.5 Å². The Bertz CT molecular complexity index is 274. The van der Waals surface area contributed by atoms with E-state index in [9.17, 15) is 4.79 Å². The molecule has 1 atom stereocenters. The maximum absolute atomic E-state index is 11.9. The van der Waals surface area contributed by atoms with Gasteiger partial charge in [-0.05, 0) is 46.0 Å². The predicted molar refractivity (Wildman–Crippen MR) is 68.8 cm³/mol. The van der Waals surface area contributed by atoms with Crippen LogP contribution < -0.4 is 5.73 Å². The maximum Gasteiger partial charge on any atom is 0.410 e. The molecule has 17 heavy (non-hydrogen) atoms. The Hall–Kier alpha value is -0.770. The number of likely N-dealkylation sites (tertiary alicyclic amines) is 1.